The van der Waals surface area contributed by atoms with Crippen LogP contribution in [0, 0.1) is 0 Å². The van der Waals surface area contributed by atoms with Crippen LogP contribution in [0.4, 0.5) is 0 Å². The first-order valence-corrected chi connectivity index (χ1v) is 12.7. The molecule has 2 aromatic heterocycles. The minimum absolute atomic E-state index is 0.0291. The Morgan fingerprint density at radius 2 is 2.03 bits per heavy atom. The fraction of sp³-hybridized carbons (Fsp3) is 0.417. The molecule has 1 fully saturated rings. The molecule has 1 saturated heterocycles. The maximum absolute atomic E-state index is 13.1. The van der Waals surface area contributed by atoms with Crippen LogP contribution in [0.25, 0.3) is 21.3 Å². The number of alkyl halides is 1. The van der Waals surface area contributed by atoms with Gasteiger partial charge in [-0.05, 0) is 43.5 Å². The predicted octanol–water partition coefficient (Wildman–Crippen LogP) is 4.35. The fourth-order valence-electron chi connectivity index (χ4n) is 4.55. The SMILES string of the molecule is O=C(C1Cc2cc(Cl)cc(-c3ccnc4cc(C(O)(CO)CCl)sc34)c2O1)N1CCCCC1. The lowest BCUT2D eigenvalue weighted by Crippen LogP contribution is -2.43. The Hall–Kier alpha value is -1.90. The van der Waals surface area contributed by atoms with E-state index in [2.05, 4.69) is 4.98 Å². The number of pyridine rings is 1. The van der Waals surface area contributed by atoms with Gasteiger partial charge in [0.05, 0.1) is 22.7 Å². The van der Waals surface area contributed by atoms with Gasteiger partial charge in [-0.3, -0.25) is 9.78 Å². The molecule has 0 bridgehead atoms. The molecule has 2 aliphatic rings. The van der Waals surface area contributed by atoms with Gasteiger partial charge in [0.2, 0.25) is 0 Å². The number of benzene rings is 1. The minimum atomic E-state index is -1.54. The van der Waals surface area contributed by atoms with Gasteiger partial charge in [-0.25, -0.2) is 0 Å². The highest BCUT2D eigenvalue weighted by Crippen LogP contribution is 2.45. The number of aliphatic hydroxyl groups excluding tert-OH is 1. The van der Waals surface area contributed by atoms with Crippen LogP contribution in [0.15, 0.2) is 30.5 Å². The summed E-state index contributed by atoms with van der Waals surface area (Å²) in [6, 6.07) is 7.31. The zero-order chi connectivity index (χ0) is 23.2. The van der Waals surface area contributed by atoms with E-state index in [1.54, 1.807) is 12.3 Å². The third-order valence-corrected chi connectivity index (χ3v) is 8.39. The van der Waals surface area contributed by atoms with E-state index in [4.69, 9.17) is 27.9 Å². The predicted molar refractivity (Wildman–Crippen MR) is 130 cm³/mol. The average molecular weight is 507 g/mol. The van der Waals surface area contributed by atoms with Crippen LogP contribution in [-0.2, 0) is 16.8 Å². The lowest BCUT2D eigenvalue weighted by molar-refractivity contribution is -0.138. The quantitative estimate of drug-likeness (QED) is 0.502. The minimum Gasteiger partial charge on any atom is -0.479 e. The van der Waals surface area contributed by atoms with Crippen molar-refractivity contribution in [3.05, 3.63) is 45.9 Å². The highest BCUT2D eigenvalue weighted by atomic mass is 35.5. The maximum atomic E-state index is 13.1. The number of rotatable bonds is 5. The number of likely N-dealkylation sites (tertiary alicyclic amines) is 1. The van der Waals surface area contributed by atoms with E-state index >= 15 is 0 Å². The van der Waals surface area contributed by atoms with Crippen molar-refractivity contribution in [1.29, 1.82) is 0 Å². The van der Waals surface area contributed by atoms with Crippen molar-refractivity contribution in [2.75, 3.05) is 25.6 Å². The number of fused-ring (bicyclic) bond motifs is 2. The first-order valence-electron chi connectivity index (χ1n) is 11.0. The number of halogens is 2. The van der Waals surface area contributed by atoms with E-state index in [-0.39, 0.29) is 11.8 Å². The summed E-state index contributed by atoms with van der Waals surface area (Å²) in [7, 11) is 0. The summed E-state index contributed by atoms with van der Waals surface area (Å²) in [6.45, 7) is 1.06. The lowest BCUT2D eigenvalue weighted by Gasteiger charge is -2.28. The molecule has 2 atom stereocenters. The molecule has 1 amide bonds. The van der Waals surface area contributed by atoms with Crippen molar-refractivity contribution in [2.45, 2.75) is 37.4 Å². The molecule has 3 aromatic rings. The van der Waals surface area contributed by atoms with Gasteiger partial charge in [0.1, 0.15) is 11.4 Å². The molecule has 33 heavy (non-hydrogen) atoms. The van der Waals surface area contributed by atoms with Crippen LogP contribution in [0.1, 0.15) is 29.7 Å². The Labute approximate surface area is 205 Å². The highest BCUT2D eigenvalue weighted by molar-refractivity contribution is 7.19. The van der Waals surface area contributed by atoms with Gasteiger partial charge in [0, 0.05) is 52.3 Å². The number of aliphatic hydroxyl groups is 2. The van der Waals surface area contributed by atoms with Gasteiger partial charge in [0.15, 0.2) is 6.10 Å². The number of aromatic nitrogens is 1. The van der Waals surface area contributed by atoms with Crippen LogP contribution < -0.4 is 4.74 Å². The molecule has 0 saturated carbocycles. The average Bonchev–Trinajstić information content (AvgIpc) is 3.47. The van der Waals surface area contributed by atoms with E-state index in [1.165, 1.54) is 11.3 Å². The number of carbonyl (C=O) groups is 1. The number of carbonyl (C=O) groups excluding carboxylic acids is 1. The Balaban J connectivity index is 1.55. The van der Waals surface area contributed by atoms with Crippen molar-refractivity contribution in [3.8, 4) is 16.9 Å². The normalized spacial score (nSPS) is 19.9. The second-order valence-corrected chi connectivity index (χ2v) is 10.4. The van der Waals surface area contributed by atoms with Crippen molar-refractivity contribution >= 4 is 50.7 Å². The van der Waals surface area contributed by atoms with Gasteiger partial charge >= 0.3 is 0 Å². The number of amides is 1. The topological polar surface area (TPSA) is 82.9 Å². The van der Waals surface area contributed by atoms with E-state index in [0.717, 1.165) is 53.7 Å². The summed E-state index contributed by atoms with van der Waals surface area (Å²) in [5.41, 5.74) is 1.67. The molecular formula is C24H24Cl2N2O4S. The van der Waals surface area contributed by atoms with E-state index in [1.807, 2.05) is 23.1 Å². The molecule has 4 heterocycles. The first kappa shape index (κ1) is 22.9. The summed E-state index contributed by atoms with van der Waals surface area (Å²) in [4.78, 5) is 20.0. The molecule has 9 heteroatoms. The highest BCUT2D eigenvalue weighted by Gasteiger charge is 2.36. The van der Waals surface area contributed by atoms with Crippen LogP contribution in [0.2, 0.25) is 5.02 Å². The van der Waals surface area contributed by atoms with Crippen molar-refractivity contribution < 1.29 is 19.7 Å². The molecule has 0 radical (unpaired) electrons. The van der Waals surface area contributed by atoms with Crippen LogP contribution in [0.3, 0.4) is 0 Å². The Morgan fingerprint density at radius 1 is 1.24 bits per heavy atom. The second kappa shape index (κ2) is 9.04. The maximum Gasteiger partial charge on any atom is 0.263 e. The number of ether oxygens (including phenoxy) is 1. The van der Waals surface area contributed by atoms with E-state index < -0.39 is 18.3 Å². The molecule has 1 aromatic carbocycles. The van der Waals surface area contributed by atoms with Gasteiger partial charge in [-0.1, -0.05) is 11.6 Å². The summed E-state index contributed by atoms with van der Waals surface area (Å²) >= 11 is 13.7. The largest absolute Gasteiger partial charge is 0.479 e. The standard InChI is InChI=1S/C24H24Cl2N2O4S/c25-12-24(31,13-29)20-11-18-22(33-20)16(4-5-27-18)17-10-15(26)8-14-9-19(32-21(14)17)23(30)28-6-2-1-3-7-28/h4-5,8,10-11,19,29,31H,1-3,6-7,9,12-13H2. The van der Waals surface area contributed by atoms with Gasteiger partial charge in [-0.15, -0.1) is 22.9 Å². The number of hydrogen-bond acceptors (Lipinski definition) is 6. The zero-order valence-corrected chi connectivity index (χ0v) is 20.2. The third-order valence-electron chi connectivity index (χ3n) is 6.38. The van der Waals surface area contributed by atoms with Gasteiger partial charge in [0.25, 0.3) is 5.91 Å². The Bertz CT molecular complexity index is 1200. The van der Waals surface area contributed by atoms with E-state index in [9.17, 15) is 15.0 Å². The second-order valence-electron chi connectivity index (χ2n) is 8.65. The van der Waals surface area contributed by atoms with Crippen LogP contribution in [-0.4, -0.2) is 57.7 Å². The monoisotopic (exact) mass is 506 g/mol. The summed E-state index contributed by atoms with van der Waals surface area (Å²) in [6.07, 6.45) is 4.83. The molecule has 0 spiro atoms. The van der Waals surface area contributed by atoms with Gasteiger partial charge in [-0.2, -0.15) is 0 Å². The van der Waals surface area contributed by atoms with Gasteiger partial charge < -0.3 is 19.8 Å². The van der Waals surface area contributed by atoms with Crippen LogP contribution >= 0.6 is 34.5 Å². The molecule has 174 valence electrons. The number of hydrogen-bond donors (Lipinski definition) is 2. The van der Waals surface area contributed by atoms with Crippen LogP contribution in [0.5, 0.6) is 5.75 Å². The zero-order valence-electron chi connectivity index (χ0n) is 17.9. The molecule has 5 rings (SSSR count). The molecule has 0 aliphatic carbocycles. The molecular weight excluding hydrogens is 483 g/mol. The summed E-state index contributed by atoms with van der Waals surface area (Å²) in [5.74, 6) is 0.551. The Kier molecular flexibility index (Phi) is 6.27. The summed E-state index contributed by atoms with van der Waals surface area (Å²) < 4.78 is 7.07. The van der Waals surface area contributed by atoms with Crippen molar-refractivity contribution in [2.24, 2.45) is 0 Å². The van der Waals surface area contributed by atoms with E-state index in [0.29, 0.717) is 27.6 Å². The smallest absolute Gasteiger partial charge is 0.263 e. The Morgan fingerprint density at radius 3 is 2.76 bits per heavy atom. The van der Waals surface area contributed by atoms with Crippen molar-refractivity contribution in [1.82, 2.24) is 9.88 Å². The lowest BCUT2D eigenvalue weighted by atomic mass is 10.00. The molecule has 2 N–H and O–H groups in total. The fourth-order valence-corrected chi connectivity index (χ4v) is 6.32. The molecule has 2 aliphatic heterocycles. The first-order chi connectivity index (χ1) is 15.9. The molecule has 2 unspecified atom stereocenters. The molecule has 6 nitrogen and oxygen atoms in total. The number of piperidine rings is 1. The summed E-state index contributed by atoms with van der Waals surface area (Å²) in [5, 5.41) is 20.9. The third kappa shape index (κ3) is 4.10. The number of nitrogens with zero attached hydrogens (tertiary/aromatic N) is 2. The number of thiophene rings is 1. The van der Waals surface area contributed by atoms with Crippen molar-refractivity contribution in [3.63, 3.8) is 0 Å².